The van der Waals surface area contributed by atoms with Crippen LogP contribution in [0.2, 0.25) is 5.02 Å². The van der Waals surface area contributed by atoms with Crippen LogP contribution in [0.5, 0.6) is 0 Å². The van der Waals surface area contributed by atoms with Gasteiger partial charge >= 0.3 is 0 Å². The average Bonchev–Trinajstić information content (AvgIpc) is 3.36. The topological polar surface area (TPSA) is 58.1 Å². The van der Waals surface area contributed by atoms with E-state index in [1.807, 2.05) is 31.3 Å². The Balaban J connectivity index is 1.48. The highest BCUT2D eigenvalue weighted by molar-refractivity contribution is 7.13. The molecule has 4 rings (SSSR count). The van der Waals surface area contributed by atoms with E-state index in [1.165, 1.54) is 24.2 Å². The fraction of sp³-hybridized carbons (Fsp3) is 0.250. The molecule has 138 valence electrons. The van der Waals surface area contributed by atoms with Crippen molar-refractivity contribution in [1.82, 2.24) is 9.97 Å². The molecule has 3 heterocycles. The first-order valence-electron chi connectivity index (χ1n) is 8.84. The van der Waals surface area contributed by atoms with Crippen molar-refractivity contribution >= 4 is 40.4 Å². The van der Waals surface area contributed by atoms with E-state index in [9.17, 15) is 4.79 Å². The third-order valence-corrected chi connectivity index (χ3v) is 5.72. The number of aromatic nitrogens is 2. The molecule has 1 aliphatic heterocycles. The first-order valence-corrected chi connectivity index (χ1v) is 10.1. The maximum atomic E-state index is 12.5. The molecule has 0 aliphatic carbocycles. The molecule has 7 heteroatoms. The Bertz CT molecular complexity index is 964. The lowest BCUT2D eigenvalue weighted by Crippen LogP contribution is -2.18. The fourth-order valence-corrected chi connectivity index (χ4v) is 4.13. The molecular weight excluding hydrogens is 380 g/mol. The smallest absolute Gasteiger partial charge is 0.275 e. The first kappa shape index (κ1) is 17.9. The van der Waals surface area contributed by atoms with Gasteiger partial charge in [0, 0.05) is 40.9 Å². The van der Waals surface area contributed by atoms with E-state index in [-0.39, 0.29) is 5.91 Å². The van der Waals surface area contributed by atoms with Crippen molar-refractivity contribution in [1.29, 1.82) is 0 Å². The summed E-state index contributed by atoms with van der Waals surface area (Å²) in [6.07, 6.45) is 4.28. The number of carbonyl (C=O) groups excluding carboxylic acids is 1. The highest BCUT2D eigenvalue weighted by atomic mass is 35.5. The predicted molar refractivity (Wildman–Crippen MR) is 111 cm³/mol. The van der Waals surface area contributed by atoms with Crippen molar-refractivity contribution in [3.05, 3.63) is 58.2 Å². The van der Waals surface area contributed by atoms with Gasteiger partial charge in [-0.2, -0.15) is 0 Å². The van der Waals surface area contributed by atoms with Gasteiger partial charge in [0.05, 0.1) is 0 Å². The van der Waals surface area contributed by atoms with Gasteiger partial charge in [0.15, 0.2) is 0 Å². The van der Waals surface area contributed by atoms with Crippen LogP contribution in [-0.4, -0.2) is 29.0 Å². The molecule has 2 aromatic heterocycles. The number of aryl methyl sites for hydroxylation is 1. The molecule has 0 bridgehead atoms. The summed E-state index contributed by atoms with van der Waals surface area (Å²) in [5.41, 5.74) is 2.96. The van der Waals surface area contributed by atoms with Gasteiger partial charge in [0.2, 0.25) is 0 Å². The highest BCUT2D eigenvalue weighted by Crippen LogP contribution is 2.26. The van der Waals surface area contributed by atoms with Crippen molar-refractivity contribution in [3.8, 4) is 10.6 Å². The van der Waals surface area contributed by atoms with Gasteiger partial charge in [-0.1, -0.05) is 11.6 Å². The summed E-state index contributed by atoms with van der Waals surface area (Å²) in [6, 6.07) is 9.41. The summed E-state index contributed by atoms with van der Waals surface area (Å²) in [4.78, 5) is 23.8. The number of nitrogens with zero attached hydrogens (tertiary/aromatic N) is 3. The van der Waals surface area contributed by atoms with Crippen LogP contribution in [0.25, 0.3) is 10.6 Å². The van der Waals surface area contributed by atoms with Crippen LogP contribution in [0.4, 0.5) is 11.5 Å². The molecule has 0 saturated carbocycles. The maximum Gasteiger partial charge on any atom is 0.275 e. The minimum Gasteiger partial charge on any atom is -0.357 e. The van der Waals surface area contributed by atoms with Crippen LogP contribution < -0.4 is 10.2 Å². The molecule has 1 amide bonds. The summed E-state index contributed by atoms with van der Waals surface area (Å²) in [6.45, 7) is 4.04. The van der Waals surface area contributed by atoms with Crippen molar-refractivity contribution in [2.75, 3.05) is 23.3 Å². The fourth-order valence-electron chi connectivity index (χ4n) is 3.11. The Hall–Kier alpha value is -2.44. The van der Waals surface area contributed by atoms with Gasteiger partial charge in [-0.15, -0.1) is 11.3 Å². The minimum atomic E-state index is -0.232. The third-order valence-electron chi connectivity index (χ3n) is 4.60. The van der Waals surface area contributed by atoms with Gasteiger partial charge < -0.3 is 10.2 Å². The zero-order valence-corrected chi connectivity index (χ0v) is 16.5. The van der Waals surface area contributed by atoms with E-state index in [0.29, 0.717) is 10.7 Å². The van der Waals surface area contributed by atoms with Crippen molar-refractivity contribution < 1.29 is 4.79 Å². The Morgan fingerprint density at radius 3 is 2.74 bits per heavy atom. The lowest BCUT2D eigenvalue weighted by atomic mass is 10.2. The molecule has 1 fully saturated rings. The largest absolute Gasteiger partial charge is 0.357 e. The molecule has 1 saturated heterocycles. The van der Waals surface area contributed by atoms with Crippen LogP contribution in [0.3, 0.4) is 0 Å². The highest BCUT2D eigenvalue weighted by Gasteiger charge is 2.16. The third kappa shape index (κ3) is 3.96. The molecule has 0 radical (unpaired) electrons. The lowest BCUT2D eigenvalue weighted by molar-refractivity contribution is 0.102. The number of hydrogen-bond donors (Lipinski definition) is 1. The van der Waals surface area contributed by atoms with Crippen molar-refractivity contribution in [2.45, 2.75) is 19.8 Å². The van der Waals surface area contributed by atoms with Gasteiger partial charge in [-0.05, 0) is 55.7 Å². The zero-order chi connectivity index (χ0) is 18.8. The monoisotopic (exact) mass is 398 g/mol. The molecule has 1 aromatic carbocycles. The zero-order valence-electron chi connectivity index (χ0n) is 14.9. The van der Waals surface area contributed by atoms with Crippen LogP contribution >= 0.6 is 22.9 Å². The van der Waals surface area contributed by atoms with Gasteiger partial charge in [0.25, 0.3) is 5.91 Å². The van der Waals surface area contributed by atoms with Gasteiger partial charge in [0.1, 0.15) is 16.5 Å². The van der Waals surface area contributed by atoms with Crippen LogP contribution in [-0.2, 0) is 0 Å². The summed E-state index contributed by atoms with van der Waals surface area (Å²) in [5, 5.41) is 6.09. The normalized spacial score (nSPS) is 13.8. The maximum absolute atomic E-state index is 12.5. The van der Waals surface area contributed by atoms with E-state index in [0.717, 1.165) is 40.7 Å². The van der Waals surface area contributed by atoms with E-state index in [2.05, 4.69) is 20.2 Å². The number of anilines is 2. The molecule has 0 spiro atoms. The number of amides is 1. The summed E-state index contributed by atoms with van der Waals surface area (Å²) in [7, 11) is 0. The first-order chi connectivity index (χ1) is 13.1. The predicted octanol–water partition coefficient (Wildman–Crippen LogP) is 5.02. The summed E-state index contributed by atoms with van der Waals surface area (Å²) in [5.74, 6) is 0.772. The Morgan fingerprint density at radius 2 is 2.04 bits per heavy atom. The van der Waals surface area contributed by atoms with Gasteiger partial charge in [-0.25, -0.2) is 9.97 Å². The molecule has 3 aromatic rings. The van der Waals surface area contributed by atoms with Crippen LogP contribution in [0, 0.1) is 6.92 Å². The number of benzene rings is 1. The Kier molecular flexibility index (Phi) is 5.09. The second-order valence-corrected chi connectivity index (χ2v) is 7.85. The Labute approximate surface area is 167 Å². The van der Waals surface area contributed by atoms with E-state index >= 15 is 0 Å². The van der Waals surface area contributed by atoms with E-state index in [1.54, 1.807) is 17.5 Å². The molecule has 0 atom stereocenters. The molecule has 27 heavy (non-hydrogen) atoms. The number of carbonyl (C=O) groups is 1. The summed E-state index contributed by atoms with van der Waals surface area (Å²) < 4.78 is 0. The molecule has 1 N–H and O–H groups in total. The molecule has 1 aliphatic rings. The Morgan fingerprint density at radius 1 is 1.22 bits per heavy atom. The average molecular weight is 399 g/mol. The van der Waals surface area contributed by atoms with Crippen LogP contribution in [0.15, 0.2) is 41.9 Å². The molecule has 5 nitrogen and oxygen atoms in total. The van der Waals surface area contributed by atoms with E-state index in [4.69, 9.17) is 11.6 Å². The van der Waals surface area contributed by atoms with Gasteiger partial charge in [-0.3, -0.25) is 4.79 Å². The summed E-state index contributed by atoms with van der Waals surface area (Å²) >= 11 is 7.40. The molecular formula is C20H19ClN4OS. The van der Waals surface area contributed by atoms with Crippen molar-refractivity contribution in [2.24, 2.45) is 0 Å². The van der Waals surface area contributed by atoms with Crippen LogP contribution in [0.1, 0.15) is 28.9 Å². The number of thiazole rings is 1. The second kappa shape index (κ2) is 7.66. The lowest BCUT2D eigenvalue weighted by Gasteiger charge is -2.15. The standard InChI is InChI=1S/C20H19ClN4OS/c1-13-10-15(21)5-6-16(13)23-19(26)17-12-27-20(24-17)14-4-7-18(22-11-14)25-8-2-3-9-25/h4-7,10-12H,2-3,8-9H2,1H3,(H,23,26). The van der Waals surface area contributed by atoms with E-state index < -0.39 is 0 Å². The van der Waals surface area contributed by atoms with Crippen molar-refractivity contribution in [3.63, 3.8) is 0 Å². The number of rotatable bonds is 4. The number of nitrogens with one attached hydrogen (secondary N) is 1. The SMILES string of the molecule is Cc1cc(Cl)ccc1NC(=O)c1csc(-c2ccc(N3CCCC3)nc2)n1. The number of hydrogen-bond acceptors (Lipinski definition) is 5. The number of halogens is 1. The second-order valence-electron chi connectivity index (χ2n) is 6.55. The number of pyridine rings is 1. The minimum absolute atomic E-state index is 0.232. The molecule has 0 unspecified atom stereocenters. The quantitative estimate of drug-likeness (QED) is 0.670.